The van der Waals surface area contributed by atoms with Crippen molar-refractivity contribution in [2.75, 3.05) is 5.32 Å². The Labute approximate surface area is 104 Å². The van der Waals surface area contributed by atoms with Gasteiger partial charge in [0.15, 0.2) is 0 Å². The molecule has 3 nitrogen and oxygen atoms in total. The number of pyridine rings is 1. The van der Waals surface area contributed by atoms with Gasteiger partial charge < -0.3 is 9.88 Å². The summed E-state index contributed by atoms with van der Waals surface area (Å²) in [7, 11) is 0. The Bertz CT molecular complexity index is 465. The van der Waals surface area contributed by atoms with E-state index in [4.69, 9.17) is 0 Å². The van der Waals surface area contributed by atoms with E-state index in [1.807, 2.05) is 12.1 Å². The van der Waals surface area contributed by atoms with Crippen LogP contribution in [-0.4, -0.2) is 9.55 Å². The average Bonchev–Trinajstić information content (AvgIpc) is 2.76. The van der Waals surface area contributed by atoms with Crippen LogP contribution < -0.4 is 5.32 Å². The van der Waals surface area contributed by atoms with Gasteiger partial charge in [-0.2, -0.15) is 0 Å². The zero-order chi connectivity index (χ0) is 11.4. The van der Waals surface area contributed by atoms with Gasteiger partial charge in [-0.25, -0.2) is 4.98 Å². The van der Waals surface area contributed by atoms with E-state index in [0.29, 0.717) is 0 Å². The van der Waals surface area contributed by atoms with Crippen LogP contribution in [0.5, 0.6) is 0 Å². The number of aryl methyl sites for hydroxylation is 1. The van der Waals surface area contributed by atoms with Crippen molar-refractivity contribution < 1.29 is 0 Å². The molecule has 0 aromatic carbocycles. The molecule has 84 valence electrons. The van der Waals surface area contributed by atoms with Gasteiger partial charge in [-0.05, 0) is 46.6 Å². The third-order valence-electron chi connectivity index (χ3n) is 2.42. The summed E-state index contributed by atoms with van der Waals surface area (Å²) in [6.07, 6.45) is 6.01. The van der Waals surface area contributed by atoms with Crippen LogP contribution in [0, 0.1) is 0 Å². The van der Waals surface area contributed by atoms with E-state index in [9.17, 15) is 0 Å². The lowest BCUT2D eigenvalue weighted by Crippen LogP contribution is -1.99. The van der Waals surface area contributed by atoms with Crippen molar-refractivity contribution in [2.24, 2.45) is 0 Å². The smallest absolute Gasteiger partial charge is 0.129 e. The Balaban J connectivity index is 1.99. The highest BCUT2D eigenvalue weighted by atomic mass is 79.9. The molecule has 0 amide bonds. The van der Waals surface area contributed by atoms with Crippen LogP contribution in [0.4, 0.5) is 5.69 Å². The second kappa shape index (κ2) is 5.16. The Morgan fingerprint density at radius 1 is 1.44 bits per heavy atom. The molecule has 0 radical (unpaired) electrons. The Kier molecular flexibility index (Phi) is 3.62. The standard InChI is InChI=1S/C12H14BrN3/c1-2-16-7-5-10(9-16)8-15-11-4-3-6-14-12(11)13/h3-7,9,15H,2,8H2,1H3. The van der Waals surface area contributed by atoms with Crippen LogP contribution >= 0.6 is 15.9 Å². The maximum atomic E-state index is 4.16. The molecule has 1 N–H and O–H groups in total. The summed E-state index contributed by atoms with van der Waals surface area (Å²) < 4.78 is 3.01. The second-order valence-electron chi connectivity index (χ2n) is 3.55. The topological polar surface area (TPSA) is 29.9 Å². The minimum Gasteiger partial charge on any atom is -0.379 e. The number of hydrogen-bond acceptors (Lipinski definition) is 2. The summed E-state index contributed by atoms with van der Waals surface area (Å²) in [6, 6.07) is 6.05. The number of anilines is 1. The minimum atomic E-state index is 0.817. The molecule has 2 heterocycles. The summed E-state index contributed by atoms with van der Waals surface area (Å²) in [5, 5.41) is 3.34. The SMILES string of the molecule is CCn1ccc(CNc2cccnc2Br)c1. The van der Waals surface area contributed by atoms with E-state index in [1.165, 1.54) is 5.56 Å². The summed E-state index contributed by atoms with van der Waals surface area (Å²) >= 11 is 3.41. The first kappa shape index (κ1) is 11.2. The average molecular weight is 280 g/mol. The second-order valence-corrected chi connectivity index (χ2v) is 4.30. The van der Waals surface area contributed by atoms with E-state index in [-0.39, 0.29) is 0 Å². The minimum absolute atomic E-state index is 0.817. The van der Waals surface area contributed by atoms with E-state index in [0.717, 1.165) is 23.4 Å². The van der Waals surface area contributed by atoms with E-state index >= 15 is 0 Å². The molecule has 2 aromatic rings. The molecule has 0 saturated heterocycles. The highest BCUT2D eigenvalue weighted by Gasteiger charge is 2.00. The molecule has 0 saturated carbocycles. The number of hydrogen-bond donors (Lipinski definition) is 1. The fourth-order valence-corrected chi connectivity index (χ4v) is 1.90. The molecule has 16 heavy (non-hydrogen) atoms. The van der Waals surface area contributed by atoms with Crippen molar-refractivity contribution in [2.45, 2.75) is 20.0 Å². The lowest BCUT2D eigenvalue weighted by atomic mass is 10.3. The molecule has 0 fully saturated rings. The fourth-order valence-electron chi connectivity index (χ4n) is 1.51. The van der Waals surface area contributed by atoms with Crippen LogP contribution in [0.3, 0.4) is 0 Å². The summed E-state index contributed by atoms with van der Waals surface area (Å²) in [5.74, 6) is 0. The quantitative estimate of drug-likeness (QED) is 0.871. The normalized spacial score (nSPS) is 10.4. The summed E-state index contributed by atoms with van der Waals surface area (Å²) in [6.45, 7) is 3.96. The summed E-state index contributed by atoms with van der Waals surface area (Å²) in [5.41, 5.74) is 2.30. The molecule has 2 aromatic heterocycles. The van der Waals surface area contributed by atoms with Crippen LogP contribution in [0.2, 0.25) is 0 Å². The number of nitrogens with zero attached hydrogens (tertiary/aromatic N) is 2. The van der Waals surface area contributed by atoms with Gasteiger partial charge in [-0.15, -0.1) is 0 Å². The van der Waals surface area contributed by atoms with Crippen LogP contribution in [0.25, 0.3) is 0 Å². The molecular formula is C12H14BrN3. The number of aromatic nitrogens is 2. The Morgan fingerprint density at radius 2 is 2.31 bits per heavy atom. The molecule has 0 spiro atoms. The zero-order valence-corrected chi connectivity index (χ0v) is 10.7. The zero-order valence-electron chi connectivity index (χ0n) is 9.15. The van der Waals surface area contributed by atoms with Gasteiger partial charge in [-0.3, -0.25) is 0 Å². The van der Waals surface area contributed by atoms with Gasteiger partial charge in [-0.1, -0.05) is 0 Å². The van der Waals surface area contributed by atoms with E-state index in [2.05, 4.69) is 56.2 Å². The van der Waals surface area contributed by atoms with Crippen molar-refractivity contribution in [3.8, 4) is 0 Å². The van der Waals surface area contributed by atoms with Gasteiger partial charge in [0.25, 0.3) is 0 Å². The van der Waals surface area contributed by atoms with Crippen LogP contribution in [0.1, 0.15) is 12.5 Å². The fraction of sp³-hybridized carbons (Fsp3) is 0.250. The van der Waals surface area contributed by atoms with Gasteiger partial charge in [0.1, 0.15) is 4.60 Å². The predicted octanol–water partition coefficient (Wildman–Crippen LogP) is 3.28. The third kappa shape index (κ3) is 2.64. The largest absolute Gasteiger partial charge is 0.379 e. The Hall–Kier alpha value is -1.29. The maximum absolute atomic E-state index is 4.16. The van der Waals surface area contributed by atoms with Crippen molar-refractivity contribution in [1.82, 2.24) is 9.55 Å². The van der Waals surface area contributed by atoms with Crippen molar-refractivity contribution >= 4 is 21.6 Å². The van der Waals surface area contributed by atoms with Gasteiger partial charge in [0.2, 0.25) is 0 Å². The molecule has 4 heteroatoms. The first-order valence-electron chi connectivity index (χ1n) is 5.28. The Morgan fingerprint density at radius 3 is 3.00 bits per heavy atom. The lowest BCUT2D eigenvalue weighted by molar-refractivity contribution is 0.766. The first-order valence-corrected chi connectivity index (χ1v) is 6.08. The third-order valence-corrected chi connectivity index (χ3v) is 3.05. The number of nitrogens with one attached hydrogen (secondary N) is 1. The molecule has 0 aliphatic rings. The van der Waals surface area contributed by atoms with Crippen LogP contribution in [0.15, 0.2) is 41.4 Å². The maximum Gasteiger partial charge on any atom is 0.129 e. The lowest BCUT2D eigenvalue weighted by Gasteiger charge is -2.05. The van der Waals surface area contributed by atoms with Gasteiger partial charge in [0.05, 0.1) is 5.69 Å². The first-order chi connectivity index (χ1) is 7.79. The molecule has 0 aliphatic carbocycles. The van der Waals surface area contributed by atoms with E-state index in [1.54, 1.807) is 6.20 Å². The van der Waals surface area contributed by atoms with E-state index < -0.39 is 0 Å². The monoisotopic (exact) mass is 279 g/mol. The molecule has 0 bridgehead atoms. The molecule has 0 atom stereocenters. The van der Waals surface area contributed by atoms with Crippen molar-refractivity contribution in [3.63, 3.8) is 0 Å². The molecular weight excluding hydrogens is 266 g/mol. The van der Waals surface area contributed by atoms with Crippen LogP contribution in [-0.2, 0) is 13.1 Å². The predicted molar refractivity (Wildman–Crippen MR) is 69.4 cm³/mol. The molecule has 2 rings (SSSR count). The van der Waals surface area contributed by atoms with Crippen molar-refractivity contribution in [3.05, 3.63) is 47.0 Å². The molecule has 0 unspecified atom stereocenters. The number of rotatable bonds is 4. The van der Waals surface area contributed by atoms with Crippen molar-refractivity contribution in [1.29, 1.82) is 0 Å². The summed E-state index contributed by atoms with van der Waals surface area (Å²) in [4.78, 5) is 4.16. The highest BCUT2D eigenvalue weighted by Crippen LogP contribution is 2.19. The van der Waals surface area contributed by atoms with Gasteiger partial charge in [0, 0.05) is 31.7 Å². The molecule has 0 aliphatic heterocycles. The highest BCUT2D eigenvalue weighted by molar-refractivity contribution is 9.10. The number of halogens is 1. The van der Waals surface area contributed by atoms with Gasteiger partial charge >= 0.3 is 0 Å².